The van der Waals surface area contributed by atoms with Crippen molar-refractivity contribution in [2.24, 2.45) is 0 Å². The third-order valence-corrected chi connectivity index (χ3v) is 4.75. The minimum atomic E-state index is -0.268. The SMILES string of the molecule is N#CC(=CNc1ccccc1C(=O)Nc1ccccc1N1CCOCC1)c1nn[nH]n1. The first-order valence-electron chi connectivity index (χ1n) is 9.69. The number of nitrogens with one attached hydrogen (secondary N) is 3. The highest BCUT2D eigenvalue weighted by molar-refractivity contribution is 6.09. The molecule has 1 amide bonds. The second-order valence-electron chi connectivity index (χ2n) is 6.67. The molecule has 1 aliphatic heterocycles. The Balaban J connectivity index is 1.55. The van der Waals surface area contributed by atoms with Crippen molar-refractivity contribution in [1.82, 2.24) is 20.6 Å². The molecule has 10 nitrogen and oxygen atoms in total. The number of carbonyl (C=O) groups excluding carboxylic acids is 1. The van der Waals surface area contributed by atoms with Gasteiger partial charge in [0.2, 0.25) is 5.82 Å². The molecule has 3 aromatic rings. The second kappa shape index (κ2) is 9.51. The van der Waals surface area contributed by atoms with Gasteiger partial charge in [0, 0.05) is 19.3 Å². The predicted molar refractivity (Wildman–Crippen MR) is 115 cm³/mol. The summed E-state index contributed by atoms with van der Waals surface area (Å²) in [6.45, 7) is 2.84. The number of ether oxygens (including phenoxy) is 1. The molecular formula is C21H20N8O2. The van der Waals surface area contributed by atoms with Crippen LogP contribution in [0, 0.1) is 11.3 Å². The highest BCUT2D eigenvalue weighted by atomic mass is 16.5. The first kappa shape index (κ1) is 20.1. The molecule has 1 saturated heterocycles. The van der Waals surface area contributed by atoms with E-state index in [0.29, 0.717) is 24.5 Å². The Morgan fingerprint density at radius 3 is 2.61 bits per heavy atom. The number of carbonyl (C=O) groups is 1. The van der Waals surface area contributed by atoms with Gasteiger partial charge in [0.25, 0.3) is 5.91 Å². The summed E-state index contributed by atoms with van der Waals surface area (Å²) in [5, 5.41) is 28.7. The van der Waals surface area contributed by atoms with Crippen molar-refractivity contribution in [2.45, 2.75) is 0 Å². The third kappa shape index (κ3) is 4.68. The number of nitriles is 1. The van der Waals surface area contributed by atoms with E-state index in [9.17, 15) is 10.1 Å². The monoisotopic (exact) mass is 416 g/mol. The number of amides is 1. The molecule has 1 aromatic heterocycles. The molecular weight excluding hydrogens is 396 g/mol. The van der Waals surface area contributed by atoms with Crippen molar-refractivity contribution in [3.05, 3.63) is 66.1 Å². The minimum Gasteiger partial charge on any atom is -0.378 e. The van der Waals surface area contributed by atoms with Crippen molar-refractivity contribution in [3.8, 4) is 6.07 Å². The van der Waals surface area contributed by atoms with Gasteiger partial charge in [-0.15, -0.1) is 10.2 Å². The maximum Gasteiger partial charge on any atom is 0.257 e. The summed E-state index contributed by atoms with van der Waals surface area (Å²) in [6.07, 6.45) is 1.44. The number of benzene rings is 2. The molecule has 31 heavy (non-hydrogen) atoms. The molecule has 0 aliphatic carbocycles. The number of H-pyrrole nitrogens is 1. The fourth-order valence-electron chi connectivity index (χ4n) is 3.23. The predicted octanol–water partition coefficient (Wildman–Crippen LogP) is 2.27. The molecule has 1 fully saturated rings. The number of hydrogen-bond acceptors (Lipinski definition) is 8. The number of allylic oxidation sites excluding steroid dienone is 1. The summed E-state index contributed by atoms with van der Waals surface area (Å²) in [5.41, 5.74) is 2.83. The van der Waals surface area contributed by atoms with Crippen LogP contribution in [0.4, 0.5) is 17.1 Å². The number of para-hydroxylation sites is 3. The zero-order valence-electron chi connectivity index (χ0n) is 16.6. The number of aromatic nitrogens is 4. The number of rotatable bonds is 6. The van der Waals surface area contributed by atoms with Crippen molar-refractivity contribution in [3.63, 3.8) is 0 Å². The standard InChI is InChI=1S/C21H20N8O2/c22-13-15(20-25-27-28-26-20)14-23-17-6-2-1-5-16(17)21(30)24-18-7-3-4-8-19(18)29-9-11-31-12-10-29/h1-8,14,23H,9-12H2,(H,24,30)(H,25,26,27,28). The number of hydrogen-bond donors (Lipinski definition) is 3. The van der Waals surface area contributed by atoms with E-state index in [0.717, 1.165) is 24.5 Å². The summed E-state index contributed by atoms with van der Waals surface area (Å²) in [7, 11) is 0. The molecule has 0 saturated carbocycles. The van der Waals surface area contributed by atoms with Crippen LogP contribution in [-0.4, -0.2) is 52.8 Å². The summed E-state index contributed by atoms with van der Waals surface area (Å²) >= 11 is 0. The maximum absolute atomic E-state index is 13.1. The number of morpholine rings is 1. The maximum atomic E-state index is 13.1. The van der Waals surface area contributed by atoms with Crippen LogP contribution in [0.1, 0.15) is 16.2 Å². The molecule has 4 rings (SSSR count). The van der Waals surface area contributed by atoms with Crippen LogP contribution in [0.5, 0.6) is 0 Å². The molecule has 0 unspecified atom stereocenters. The van der Waals surface area contributed by atoms with Crippen molar-refractivity contribution >= 4 is 28.5 Å². The Kier molecular flexibility index (Phi) is 6.16. The van der Waals surface area contributed by atoms with Gasteiger partial charge in [-0.3, -0.25) is 4.79 Å². The van der Waals surface area contributed by atoms with Crippen LogP contribution in [0.15, 0.2) is 54.7 Å². The molecule has 1 aliphatic rings. The fourth-order valence-corrected chi connectivity index (χ4v) is 3.23. The van der Waals surface area contributed by atoms with Crippen LogP contribution in [0.3, 0.4) is 0 Å². The van der Waals surface area contributed by atoms with Crippen molar-refractivity contribution in [2.75, 3.05) is 41.8 Å². The Morgan fingerprint density at radius 2 is 1.87 bits per heavy atom. The van der Waals surface area contributed by atoms with Gasteiger partial charge in [-0.25, -0.2) is 0 Å². The van der Waals surface area contributed by atoms with Crippen LogP contribution in [0.2, 0.25) is 0 Å². The van der Waals surface area contributed by atoms with Gasteiger partial charge >= 0.3 is 0 Å². The molecule has 3 N–H and O–H groups in total. The normalized spacial score (nSPS) is 14.0. The summed E-state index contributed by atoms with van der Waals surface area (Å²) in [6, 6.07) is 16.7. The van der Waals surface area contributed by atoms with Gasteiger partial charge in [-0.2, -0.15) is 10.5 Å². The van der Waals surface area contributed by atoms with Gasteiger partial charge in [-0.1, -0.05) is 24.3 Å². The molecule has 0 spiro atoms. The lowest BCUT2D eigenvalue weighted by atomic mass is 10.1. The third-order valence-electron chi connectivity index (χ3n) is 4.75. The lowest BCUT2D eigenvalue weighted by molar-refractivity contribution is 0.102. The largest absolute Gasteiger partial charge is 0.378 e. The fraction of sp³-hybridized carbons (Fsp3) is 0.190. The Hall–Kier alpha value is -4.23. The van der Waals surface area contributed by atoms with Gasteiger partial charge in [0.15, 0.2) is 0 Å². The first-order valence-corrected chi connectivity index (χ1v) is 9.69. The Labute approximate surface area is 178 Å². The van der Waals surface area contributed by atoms with E-state index >= 15 is 0 Å². The highest BCUT2D eigenvalue weighted by Gasteiger charge is 2.17. The Morgan fingerprint density at radius 1 is 1.13 bits per heavy atom. The molecule has 2 aromatic carbocycles. The van der Waals surface area contributed by atoms with Gasteiger partial charge in [0.05, 0.1) is 35.8 Å². The van der Waals surface area contributed by atoms with E-state index < -0.39 is 0 Å². The van der Waals surface area contributed by atoms with Gasteiger partial charge in [-0.05, 0) is 29.5 Å². The molecule has 0 radical (unpaired) electrons. The highest BCUT2D eigenvalue weighted by Crippen LogP contribution is 2.27. The minimum absolute atomic E-state index is 0.163. The topological polar surface area (TPSA) is 132 Å². The van der Waals surface area contributed by atoms with Crippen LogP contribution in [0.25, 0.3) is 5.57 Å². The summed E-state index contributed by atoms with van der Waals surface area (Å²) in [5.74, 6) is -0.105. The number of aromatic amines is 1. The van der Waals surface area contributed by atoms with Crippen LogP contribution < -0.4 is 15.5 Å². The van der Waals surface area contributed by atoms with E-state index in [2.05, 4.69) is 36.2 Å². The summed E-state index contributed by atoms with van der Waals surface area (Å²) < 4.78 is 5.43. The molecule has 0 atom stereocenters. The number of nitrogens with zero attached hydrogens (tertiary/aromatic N) is 5. The average molecular weight is 416 g/mol. The zero-order valence-corrected chi connectivity index (χ0v) is 16.6. The van der Waals surface area contributed by atoms with Crippen molar-refractivity contribution in [1.29, 1.82) is 5.26 Å². The first-order chi connectivity index (χ1) is 15.3. The number of tetrazole rings is 1. The van der Waals surface area contributed by atoms with Crippen LogP contribution in [-0.2, 0) is 4.74 Å². The Bertz CT molecular complexity index is 1110. The van der Waals surface area contributed by atoms with E-state index in [1.165, 1.54) is 6.20 Å². The smallest absolute Gasteiger partial charge is 0.257 e. The quantitative estimate of drug-likeness (QED) is 0.522. The van der Waals surface area contributed by atoms with Crippen molar-refractivity contribution < 1.29 is 9.53 Å². The lowest BCUT2D eigenvalue weighted by Gasteiger charge is -2.30. The number of anilines is 3. The van der Waals surface area contributed by atoms with E-state index in [-0.39, 0.29) is 17.3 Å². The van der Waals surface area contributed by atoms with E-state index in [4.69, 9.17) is 4.74 Å². The molecule has 10 heteroatoms. The van der Waals surface area contributed by atoms with Crippen LogP contribution >= 0.6 is 0 Å². The molecule has 0 bridgehead atoms. The second-order valence-corrected chi connectivity index (χ2v) is 6.67. The van der Waals surface area contributed by atoms with E-state index in [1.807, 2.05) is 30.3 Å². The van der Waals surface area contributed by atoms with E-state index in [1.54, 1.807) is 24.3 Å². The molecule has 156 valence electrons. The average Bonchev–Trinajstić information content (AvgIpc) is 3.35. The zero-order chi connectivity index (χ0) is 21.5. The summed E-state index contributed by atoms with van der Waals surface area (Å²) in [4.78, 5) is 15.3. The lowest BCUT2D eigenvalue weighted by Crippen LogP contribution is -2.36. The van der Waals surface area contributed by atoms with Gasteiger partial charge in [0.1, 0.15) is 11.6 Å². The molecule has 2 heterocycles. The van der Waals surface area contributed by atoms with Gasteiger partial charge < -0.3 is 20.3 Å².